The van der Waals surface area contributed by atoms with Gasteiger partial charge in [-0.2, -0.15) is 0 Å². The number of benzene rings is 1. The molecule has 0 aromatic heterocycles. The third-order valence-electron chi connectivity index (χ3n) is 2.02. The van der Waals surface area contributed by atoms with Crippen LogP contribution in [-0.4, -0.2) is 0 Å². The SMILES string of the molecule is C=C/C(C)=C(\C=C)c1ccccc1.CC.CC.CC. The van der Waals surface area contributed by atoms with Gasteiger partial charge < -0.3 is 0 Å². The smallest absolute Gasteiger partial charge is 0.0161 e. The minimum absolute atomic E-state index is 1.15. The molecule has 0 fully saturated rings. The second kappa shape index (κ2) is 18.8. The fraction of sp³-hybridized carbons (Fsp3) is 0.368. The molecule has 0 radical (unpaired) electrons. The van der Waals surface area contributed by atoms with Crippen molar-refractivity contribution in [3.63, 3.8) is 0 Å². The van der Waals surface area contributed by atoms with Crippen LogP contribution in [0.3, 0.4) is 0 Å². The predicted molar refractivity (Wildman–Crippen MR) is 93.5 cm³/mol. The maximum atomic E-state index is 3.80. The molecule has 0 bridgehead atoms. The molecule has 0 N–H and O–H groups in total. The van der Waals surface area contributed by atoms with Crippen LogP contribution >= 0.6 is 0 Å². The third-order valence-corrected chi connectivity index (χ3v) is 2.02. The summed E-state index contributed by atoms with van der Waals surface area (Å²) in [6.07, 6.45) is 3.72. The van der Waals surface area contributed by atoms with Gasteiger partial charge in [-0.05, 0) is 23.6 Å². The van der Waals surface area contributed by atoms with Gasteiger partial charge in [0.05, 0.1) is 0 Å². The molecule has 1 rings (SSSR count). The van der Waals surface area contributed by atoms with E-state index in [1.807, 2.05) is 78.8 Å². The Bertz CT molecular complexity index is 328. The third kappa shape index (κ3) is 10.1. The molecule has 1 aromatic carbocycles. The minimum Gasteiger partial charge on any atom is -0.0988 e. The first-order chi connectivity index (χ1) is 9.29. The van der Waals surface area contributed by atoms with Gasteiger partial charge in [-0.3, -0.25) is 0 Å². The van der Waals surface area contributed by atoms with Gasteiger partial charge in [-0.25, -0.2) is 0 Å². The van der Waals surface area contributed by atoms with E-state index in [2.05, 4.69) is 25.3 Å². The standard InChI is InChI=1S/C13H14.3C2H6/c1-4-11(3)13(5-2)12-9-7-6-8-10-12;3*1-2/h4-10H,1-2H2,3H3;3*1-2H3/b13-11+;;;. The highest BCUT2D eigenvalue weighted by Crippen LogP contribution is 2.19. The van der Waals surface area contributed by atoms with Crippen molar-refractivity contribution in [1.82, 2.24) is 0 Å². The number of hydrogen-bond acceptors (Lipinski definition) is 0. The molecule has 0 nitrogen and oxygen atoms in total. The van der Waals surface area contributed by atoms with Crippen molar-refractivity contribution in [2.45, 2.75) is 48.5 Å². The van der Waals surface area contributed by atoms with Gasteiger partial charge in [0.25, 0.3) is 0 Å². The zero-order chi connectivity index (χ0) is 15.7. The van der Waals surface area contributed by atoms with E-state index in [0.717, 1.165) is 11.1 Å². The summed E-state index contributed by atoms with van der Waals surface area (Å²) in [6.45, 7) is 21.6. The Hall–Kier alpha value is -1.56. The van der Waals surface area contributed by atoms with Crippen LogP contribution in [0.5, 0.6) is 0 Å². The highest BCUT2D eigenvalue weighted by Gasteiger charge is 1.97. The van der Waals surface area contributed by atoms with Crippen LogP contribution < -0.4 is 0 Å². The molecule has 0 saturated heterocycles. The van der Waals surface area contributed by atoms with E-state index in [0.29, 0.717) is 0 Å². The lowest BCUT2D eigenvalue weighted by Gasteiger charge is -2.04. The largest absolute Gasteiger partial charge is 0.0988 e. The summed E-state index contributed by atoms with van der Waals surface area (Å²) >= 11 is 0. The monoisotopic (exact) mass is 260 g/mol. The Balaban J connectivity index is -0.000000375. The first-order valence-corrected chi connectivity index (χ1v) is 7.30. The maximum absolute atomic E-state index is 3.80. The molecule has 1 aromatic rings. The van der Waals surface area contributed by atoms with Crippen molar-refractivity contribution < 1.29 is 0 Å². The second-order valence-corrected chi connectivity index (χ2v) is 2.87. The van der Waals surface area contributed by atoms with Crippen molar-refractivity contribution in [3.05, 3.63) is 66.8 Å². The second-order valence-electron chi connectivity index (χ2n) is 2.87. The zero-order valence-electron chi connectivity index (χ0n) is 14.0. The van der Waals surface area contributed by atoms with E-state index in [1.165, 1.54) is 5.56 Å². The van der Waals surface area contributed by atoms with Crippen LogP contribution in [0.4, 0.5) is 0 Å². The van der Waals surface area contributed by atoms with Crippen LogP contribution in [-0.2, 0) is 0 Å². The predicted octanol–water partition coefficient (Wildman–Crippen LogP) is 6.91. The van der Waals surface area contributed by atoms with Gasteiger partial charge in [-0.1, -0.05) is 97.2 Å². The van der Waals surface area contributed by atoms with Gasteiger partial charge >= 0.3 is 0 Å². The summed E-state index contributed by atoms with van der Waals surface area (Å²) in [7, 11) is 0. The lowest BCUT2D eigenvalue weighted by Crippen LogP contribution is -1.82. The average molecular weight is 260 g/mol. The normalized spacial score (nSPS) is 9.00. The van der Waals surface area contributed by atoms with Crippen molar-refractivity contribution in [2.75, 3.05) is 0 Å². The number of rotatable bonds is 3. The van der Waals surface area contributed by atoms with Crippen LogP contribution in [0.25, 0.3) is 5.57 Å². The van der Waals surface area contributed by atoms with Crippen molar-refractivity contribution >= 4 is 5.57 Å². The molecule has 0 aliphatic carbocycles. The Morgan fingerprint density at radius 3 is 1.53 bits per heavy atom. The Morgan fingerprint density at radius 2 is 1.21 bits per heavy atom. The number of hydrogen-bond donors (Lipinski definition) is 0. The molecule has 0 unspecified atom stereocenters. The lowest BCUT2D eigenvalue weighted by molar-refractivity contribution is 1.50. The van der Waals surface area contributed by atoms with Gasteiger partial charge in [-0.15, -0.1) is 0 Å². The summed E-state index contributed by atoms with van der Waals surface area (Å²) in [5, 5.41) is 0. The van der Waals surface area contributed by atoms with E-state index in [-0.39, 0.29) is 0 Å². The van der Waals surface area contributed by atoms with E-state index < -0.39 is 0 Å². The molecule has 0 atom stereocenters. The van der Waals surface area contributed by atoms with E-state index in [1.54, 1.807) is 0 Å². The zero-order valence-corrected chi connectivity index (χ0v) is 14.0. The molecule has 0 heteroatoms. The van der Waals surface area contributed by atoms with Crippen LogP contribution in [0.1, 0.15) is 54.0 Å². The van der Waals surface area contributed by atoms with Crippen molar-refractivity contribution in [3.8, 4) is 0 Å². The van der Waals surface area contributed by atoms with Crippen molar-refractivity contribution in [2.24, 2.45) is 0 Å². The van der Waals surface area contributed by atoms with E-state index in [9.17, 15) is 0 Å². The topological polar surface area (TPSA) is 0 Å². The summed E-state index contributed by atoms with van der Waals surface area (Å²) in [4.78, 5) is 0. The number of allylic oxidation sites excluding steroid dienone is 4. The summed E-state index contributed by atoms with van der Waals surface area (Å²) < 4.78 is 0. The lowest BCUT2D eigenvalue weighted by atomic mass is 10.0. The Kier molecular flexibility index (Phi) is 22.4. The summed E-state index contributed by atoms with van der Waals surface area (Å²) in [6, 6.07) is 10.2. The molecular weight excluding hydrogens is 228 g/mol. The quantitative estimate of drug-likeness (QED) is 0.518. The van der Waals surface area contributed by atoms with Crippen LogP contribution in [0.15, 0.2) is 61.2 Å². The maximum Gasteiger partial charge on any atom is -0.0161 e. The first kappa shape index (κ1) is 22.6. The Labute approximate surface area is 121 Å². The van der Waals surface area contributed by atoms with Crippen LogP contribution in [0, 0.1) is 0 Å². The molecular formula is C19H32. The fourth-order valence-corrected chi connectivity index (χ4v) is 1.23. The van der Waals surface area contributed by atoms with Crippen molar-refractivity contribution in [1.29, 1.82) is 0 Å². The summed E-state index contributed by atoms with van der Waals surface area (Å²) in [5.74, 6) is 0. The van der Waals surface area contributed by atoms with Gasteiger partial charge in [0.1, 0.15) is 0 Å². The van der Waals surface area contributed by atoms with Crippen LogP contribution in [0.2, 0.25) is 0 Å². The molecule has 108 valence electrons. The average Bonchev–Trinajstić information content (AvgIpc) is 2.54. The molecule has 19 heavy (non-hydrogen) atoms. The molecule has 0 amide bonds. The van der Waals surface area contributed by atoms with Gasteiger partial charge in [0.2, 0.25) is 0 Å². The fourth-order valence-electron chi connectivity index (χ4n) is 1.23. The van der Waals surface area contributed by atoms with Gasteiger partial charge in [0.15, 0.2) is 0 Å². The molecule has 0 aliphatic heterocycles. The van der Waals surface area contributed by atoms with Gasteiger partial charge in [0, 0.05) is 0 Å². The minimum atomic E-state index is 1.15. The van der Waals surface area contributed by atoms with E-state index >= 15 is 0 Å². The highest BCUT2D eigenvalue weighted by molar-refractivity contribution is 5.77. The molecule has 0 spiro atoms. The summed E-state index contributed by atoms with van der Waals surface area (Å²) in [5.41, 5.74) is 3.49. The first-order valence-electron chi connectivity index (χ1n) is 7.30. The highest BCUT2D eigenvalue weighted by atomic mass is 14.0. The Morgan fingerprint density at radius 1 is 0.789 bits per heavy atom. The molecule has 0 heterocycles. The molecule has 0 aliphatic rings. The molecule has 0 saturated carbocycles. The van der Waals surface area contributed by atoms with E-state index in [4.69, 9.17) is 0 Å².